The zero-order chi connectivity index (χ0) is 17.3. The predicted molar refractivity (Wildman–Crippen MR) is 99.4 cm³/mol. The van der Waals surface area contributed by atoms with Crippen LogP contribution in [-0.2, 0) is 9.59 Å². The molecule has 124 valence electrons. The van der Waals surface area contributed by atoms with E-state index in [-0.39, 0.29) is 18.2 Å². The van der Waals surface area contributed by atoms with Gasteiger partial charge in [0.05, 0.1) is 16.6 Å². The standard InChI is InChI=1S/C18H16BrClN2O2/c1-11-2-5-14(6-3-11)22-10-12(8-17(22)23)18(24)21-16-7-4-13(19)9-15(16)20/h2-7,9,12H,8,10H2,1H3,(H,21,24). The van der Waals surface area contributed by atoms with Crippen molar-refractivity contribution in [3.8, 4) is 0 Å². The lowest BCUT2D eigenvalue weighted by Crippen LogP contribution is -2.28. The molecule has 0 saturated carbocycles. The molecule has 1 saturated heterocycles. The van der Waals surface area contributed by atoms with Crippen molar-refractivity contribution in [2.24, 2.45) is 5.92 Å². The topological polar surface area (TPSA) is 49.4 Å². The van der Waals surface area contributed by atoms with Crippen molar-refractivity contribution in [1.82, 2.24) is 0 Å². The third-order valence-electron chi connectivity index (χ3n) is 4.03. The molecule has 1 unspecified atom stereocenters. The molecule has 0 spiro atoms. The summed E-state index contributed by atoms with van der Waals surface area (Å²) in [5, 5.41) is 3.27. The van der Waals surface area contributed by atoms with Crippen LogP contribution in [0.25, 0.3) is 0 Å². The van der Waals surface area contributed by atoms with E-state index in [1.54, 1.807) is 23.1 Å². The summed E-state index contributed by atoms with van der Waals surface area (Å²) in [7, 11) is 0. The number of carbonyl (C=O) groups is 2. The van der Waals surface area contributed by atoms with Gasteiger partial charge in [-0.1, -0.05) is 45.2 Å². The number of hydrogen-bond acceptors (Lipinski definition) is 2. The lowest BCUT2D eigenvalue weighted by molar-refractivity contribution is -0.122. The fourth-order valence-corrected chi connectivity index (χ4v) is 3.40. The average Bonchev–Trinajstić information content (AvgIpc) is 2.93. The third kappa shape index (κ3) is 3.62. The molecule has 6 heteroatoms. The van der Waals surface area contributed by atoms with E-state index in [4.69, 9.17) is 11.6 Å². The Morgan fingerprint density at radius 2 is 1.96 bits per heavy atom. The van der Waals surface area contributed by atoms with E-state index in [1.165, 1.54) is 0 Å². The zero-order valence-corrected chi connectivity index (χ0v) is 15.4. The maximum absolute atomic E-state index is 12.5. The van der Waals surface area contributed by atoms with Gasteiger partial charge in [-0.3, -0.25) is 9.59 Å². The van der Waals surface area contributed by atoms with Crippen LogP contribution in [0.1, 0.15) is 12.0 Å². The molecule has 3 rings (SSSR count). The maximum Gasteiger partial charge on any atom is 0.229 e. The van der Waals surface area contributed by atoms with E-state index in [1.807, 2.05) is 31.2 Å². The molecule has 2 aromatic carbocycles. The Morgan fingerprint density at radius 3 is 2.62 bits per heavy atom. The number of nitrogens with zero attached hydrogens (tertiary/aromatic N) is 1. The van der Waals surface area contributed by atoms with Gasteiger partial charge >= 0.3 is 0 Å². The molecule has 1 aliphatic heterocycles. The fourth-order valence-electron chi connectivity index (χ4n) is 2.68. The molecule has 1 heterocycles. The molecule has 0 aromatic heterocycles. The Hall–Kier alpha value is -1.85. The number of hydrogen-bond donors (Lipinski definition) is 1. The summed E-state index contributed by atoms with van der Waals surface area (Å²) < 4.78 is 0.840. The normalized spacial score (nSPS) is 17.2. The van der Waals surface area contributed by atoms with Crippen LogP contribution >= 0.6 is 27.5 Å². The highest BCUT2D eigenvalue weighted by molar-refractivity contribution is 9.10. The molecule has 1 aliphatic rings. The Labute approximate surface area is 153 Å². The van der Waals surface area contributed by atoms with Crippen LogP contribution in [-0.4, -0.2) is 18.4 Å². The second-order valence-electron chi connectivity index (χ2n) is 5.85. The molecule has 0 bridgehead atoms. The molecular formula is C18H16BrClN2O2. The number of carbonyl (C=O) groups excluding carboxylic acids is 2. The first-order valence-corrected chi connectivity index (χ1v) is 8.74. The molecule has 1 atom stereocenters. The van der Waals surface area contributed by atoms with Gasteiger partial charge in [0.2, 0.25) is 11.8 Å². The molecule has 2 amide bonds. The van der Waals surface area contributed by atoms with Crippen molar-refractivity contribution < 1.29 is 9.59 Å². The number of aryl methyl sites for hydroxylation is 1. The monoisotopic (exact) mass is 406 g/mol. The van der Waals surface area contributed by atoms with Gasteiger partial charge in [0.1, 0.15) is 0 Å². The fraction of sp³-hybridized carbons (Fsp3) is 0.222. The maximum atomic E-state index is 12.5. The van der Waals surface area contributed by atoms with E-state index >= 15 is 0 Å². The van der Waals surface area contributed by atoms with Gasteiger partial charge in [-0.05, 0) is 37.3 Å². The Bertz CT molecular complexity index is 792. The van der Waals surface area contributed by atoms with Crippen molar-refractivity contribution in [1.29, 1.82) is 0 Å². The molecule has 24 heavy (non-hydrogen) atoms. The second kappa shape index (κ2) is 6.95. The second-order valence-corrected chi connectivity index (χ2v) is 7.18. The number of halogens is 2. The minimum Gasteiger partial charge on any atom is -0.324 e. The van der Waals surface area contributed by atoms with Crippen LogP contribution in [0.15, 0.2) is 46.9 Å². The highest BCUT2D eigenvalue weighted by Crippen LogP contribution is 2.29. The third-order valence-corrected chi connectivity index (χ3v) is 4.84. The molecule has 0 aliphatic carbocycles. The SMILES string of the molecule is Cc1ccc(N2CC(C(=O)Nc3ccc(Br)cc3Cl)CC2=O)cc1. The smallest absolute Gasteiger partial charge is 0.229 e. The first kappa shape index (κ1) is 17.0. The zero-order valence-electron chi connectivity index (χ0n) is 13.1. The van der Waals surface area contributed by atoms with Crippen LogP contribution in [0.3, 0.4) is 0 Å². The highest BCUT2D eigenvalue weighted by atomic mass is 79.9. The number of benzene rings is 2. The number of anilines is 2. The summed E-state index contributed by atoms with van der Waals surface area (Å²) >= 11 is 9.45. The average molecular weight is 408 g/mol. The van der Waals surface area contributed by atoms with E-state index in [2.05, 4.69) is 21.2 Å². The Kier molecular flexibility index (Phi) is 4.92. The van der Waals surface area contributed by atoms with Crippen LogP contribution in [0.4, 0.5) is 11.4 Å². The summed E-state index contributed by atoms with van der Waals surface area (Å²) in [4.78, 5) is 26.4. The lowest BCUT2D eigenvalue weighted by Gasteiger charge is -2.17. The van der Waals surface area contributed by atoms with E-state index in [0.717, 1.165) is 15.7 Å². The Morgan fingerprint density at radius 1 is 1.25 bits per heavy atom. The van der Waals surface area contributed by atoms with Gasteiger partial charge in [0, 0.05) is 23.1 Å². The minimum absolute atomic E-state index is 0.0408. The first-order chi connectivity index (χ1) is 11.4. The van der Waals surface area contributed by atoms with Gasteiger partial charge in [0.25, 0.3) is 0 Å². The van der Waals surface area contributed by atoms with Gasteiger partial charge in [-0.15, -0.1) is 0 Å². The van der Waals surface area contributed by atoms with E-state index in [9.17, 15) is 9.59 Å². The minimum atomic E-state index is -0.390. The molecule has 1 fully saturated rings. The van der Waals surface area contributed by atoms with Crippen molar-refractivity contribution in [2.45, 2.75) is 13.3 Å². The molecule has 2 aromatic rings. The van der Waals surface area contributed by atoms with Gasteiger partial charge in [0.15, 0.2) is 0 Å². The first-order valence-electron chi connectivity index (χ1n) is 7.57. The van der Waals surface area contributed by atoms with Gasteiger partial charge in [-0.25, -0.2) is 0 Å². The summed E-state index contributed by atoms with van der Waals surface area (Å²) in [6, 6.07) is 13.0. The number of nitrogens with one attached hydrogen (secondary N) is 1. The lowest BCUT2D eigenvalue weighted by atomic mass is 10.1. The summed E-state index contributed by atoms with van der Waals surface area (Å²) in [6.07, 6.45) is 0.202. The molecule has 4 nitrogen and oxygen atoms in total. The van der Waals surface area contributed by atoms with Crippen molar-refractivity contribution in [2.75, 3.05) is 16.8 Å². The summed E-state index contributed by atoms with van der Waals surface area (Å²) in [5.74, 6) is -0.624. The van der Waals surface area contributed by atoms with Crippen molar-refractivity contribution in [3.05, 3.63) is 57.5 Å². The summed E-state index contributed by atoms with van der Waals surface area (Å²) in [5.41, 5.74) is 2.50. The summed E-state index contributed by atoms with van der Waals surface area (Å²) in [6.45, 7) is 2.37. The molecular weight excluding hydrogens is 392 g/mol. The van der Waals surface area contributed by atoms with Crippen LogP contribution in [0.2, 0.25) is 5.02 Å². The van der Waals surface area contributed by atoms with Crippen molar-refractivity contribution in [3.63, 3.8) is 0 Å². The van der Waals surface area contributed by atoms with E-state index < -0.39 is 5.92 Å². The van der Waals surface area contributed by atoms with Crippen LogP contribution in [0.5, 0.6) is 0 Å². The van der Waals surface area contributed by atoms with Crippen LogP contribution < -0.4 is 10.2 Å². The highest BCUT2D eigenvalue weighted by Gasteiger charge is 2.35. The number of amides is 2. The van der Waals surface area contributed by atoms with Gasteiger partial charge < -0.3 is 10.2 Å². The van der Waals surface area contributed by atoms with E-state index in [0.29, 0.717) is 17.3 Å². The van der Waals surface area contributed by atoms with Crippen molar-refractivity contribution >= 4 is 50.7 Å². The van der Waals surface area contributed by atoms with Gasteiger partial charge in [-0.2, -0.15) is 0 Å². The molecule has 1 N–H and O–H groups in total. The molecule has 0 radical (unpaired) electrons. The van der Waals surface area contributed by atoms with Crippen LogP contribution in [0, 0.1) is 12.8 Å². The number of rotatable bonds is 3. The quantitative estimate of drug-likeness (QED) is 0.819. The largest absolute Gasteiger partial charge is 0.324 e. The predicted octanol–water partition coefficient (Wildman–Crippen LogP) is 4.40. The Balaban J connectivity index is 1.70.